The largest absolute Gasteiger partial charge is 0.394 e. The zero-order chi connectivity index (χ0) is 11.4. The van der Waals surface area contributed by atoms with Gasteiger partial charge in [0.25, 0.3) is 0 Å². The van der Waals surface area contributed by atoms with Crippen LogP contribution in [0.25, 0.3) is 0 Å². The van der Waals surface area contributed by atoms with E-state index in [2.05, 4.69) is 22.9 Å². The van der Waals surface area contributed by atoms with Gasteiger partial charge in [-0.2, -0.15) is 0 Å². The lowest BCUT2D eigenvalue weighted by Gasteiger charge is -2.40. The molecule has 0 amide bonds. The minimum absolute atomic E-state index is 0.138. The van der Waals surface area contributed by atoms with Gasteiger partial charge in [0.2, 0.25) is 0 Å². The molecule has 1 saturated heterocycles. The summed E-state index contributed by atoms with van der Waals surface area (Å²) in [6, 6.07) is 0. The molecule has 5 heteroatoms. The quantitative estimate of drug-likeness (QED) is 0.654. The Hall–Kier alpha value is 0.320. The van der Waals surface area contributed by atoms with Crippen LogP contribution < -0.4 is 0 Å². The van der Waals surface area contributed by atoms with Crippen molar-refractivity contribution in [1.29, 1.82) is 0 Å². The number of hydrogen-bond acceptors (Lipinski definition) is 4. The van der Waals surface area contributed by atoms with E-state index in [9.17, 15) is 10.2 Å². The van der Waals surface area contributed by atoms with Gasteiger partial charge < -0.3 is 20.1 Å². The van der Waals surface area contributed by atoms with Gasteiger partial charge in [-0.25, -0.2) is 0 Å². The summed E-state index contributed by atoms with van der Waals surface area (Å²) in [5, 5.41) is 28.3. The topological polar surface area (TPSA) is 69.9 Å². The molecule has 1 heterocycles. The summed E-state index contributed by atoms with van der Waals surface area (Å²) in [5.74, 6) is 0. The van der Waals surface area contributed by atoms with Gasteiger partial charge in [-0.15, -0.1) is 0 Å². The van der Waals surface area contributed by atoms with Gasteiger partial charge in [-0.05, 0) is 6.42 Å². The van der Waals surface area contributed by atoms with Gasteiger partial charge >= 0.3 is 0 Å². The molecule has 1 fully saturated rings. The van der Waals surface area contributed by atoms with E-state index in [0.717, 1.165) is 19.3 Å². The summed E-state index contributed by atoms with van der Waals surface area (Å²) < 4.78 is 5.53. The van der Waals surface area contributed by atoms with Crippen molar-refractivity contribution in [3.63, 3.8) is 0 Å². The lowest BCUT2D eigenvalue weighted by Crippen LogP contribution is -2.56. The lowest BCUT2D eigenvalue weighted by atomic mass is 9.95. The van der Waals surface area contributed by atoms with Crippen LogP contribution in [0.5, 0.6) is 0 Å². The highest BCUT2D eigenvalue weighted by molar-refractivity contribution is 9.09. The Morgan fingerprint density at radius 3 is 2.40 bits per heavy atom. The summed E-state index contributed by atoms with van der Waals surface area (Å²) in [6.07, 6.45) is 0.189. The molecule has 15 heavy (non-hydrogen) atoms. The number of aliphatic hydroxyl groups excluding tert-OH is 3. The van der Waals surface area contributed by atoms with E-state index in [-0.39, 0.29) is 17.5 Å². The van der Waals surface area contributed by atoms with E-state index >= 15 is 0 Å². The van der Waals surface area contributed by atoms with Crippen molar-refractivity contribution < 1.29 is 20.1 Å². The van der Waals surface area contributed by atoms with Crippen molar-refractivity contribution >= 4 is 15.9 Å². The SMILES string of the molecule is CCCCC1OC(CO)C(O)C(O)C1Br. The fourth-order valence-corrected chi connectivity index (χ4v) is 2.49. The molecule has 4 nitrogen and oxygen atoms in total. The normalized spacial score (nSPS) is 41.8. The van der Waals surface area contributed by atoms with Crippen molar-refractivity contribution in [1.82, 2.24) is 0 Å². The van der Waals surface area contributed by atoms with Gasteiger partial charge in [-0.3, -0.25) is 0 Å². The van der Waals surface area contributed by atoms with Crippen LogP contribution in [-0.4, -0.2) is 51.2 Å². The third kappa shape index (κ3) is 3.14. The third-order valence-corrected chi connectivity index (χ3v) is 3.92. The van der Waals surface area contributed by atoms with Crippen LogP contribution in [-0.2, 0) is 4.74 Å². The van der Waals surface area contributed by atoms with Crippen molar-refractivity contribution in [2.24, 2.45) is 0 Å². The van der Waals surface area contributed by atoms with Crippen LogP contribution in [0.2, 0.25) is 0 Å². The molecule has 0 aliphatic carbocycles. The molecule has 0 aromatic rings. The standard InChI is InChI=1S/C10H19BrO4/c1-2-3-4-6-8(11)10(14)9(13)7(5-12)15-6/h6-10,12-14H,2-5H2,1H3. The van der Waals surface area contributed by atoms with Crippen molar-refractivity contribution in [3.05, 3.63) is 0 Å². The monoisotopic (exact) mass is 282 g/mol. The van der Waals surface area contributed by atoms with Crippen LogP contribution in [0, 0.1) is 0 Å². The number of unbranched alkanes of at least 4 members (excludes halogenated alkanes) is 1. The molecule has 0 radical (unpaired) electrons. The van der Waals surface area contributed by atoms with Gasteiger partial charge in [-0.1, -0.05) is 35.7 Å². The van der Waals surface area contributed by atoms with E-state index in [1.54, 1.807) is 0 Å². The number of alkyl halides is 1. The zero-order valence-corrected chi connectivity index (χ0v) is 10.4. The maximum atomic E-state index is 9.73. The summed E-state index contributed by atoms with van der Waals surface area (Å²) >= 11 is 3.33. The summed E-state index contributed by atoms with van der Waals surface area (Å²) in [4.78, 5) is -0.262. The molecule has 1 rings (SSSR count). The molecule has 0 saturated carbocycles. The molecule has 3 N–H and O–H groups in total. The van der Waals surface area contributed by atoms with E-state index in [4.69, 9.17) is 9.84 Å². The molecule has 5 atom stereocenters. The predicted octanol–water partition coefficient (Wildman–Crippen LogP) is 0.422. The first-order chi connectivity index (χ1) is 7.11. The molecule has 90 valence electrons. The first kappa shape index (κ1) is 13.4. The summed E-state index contributed by atoms with van der Waals surface area (Å²) in [7, 11) is 0. The summed E-state index contributed by atoms with van der Waals surface area (Å²) in [6.45, 7) is 1.82. The third-order valence-electron chi connectivity index (χ3n) is 2.78. The van der Waals surface area contributed by atoms with Crippen LogP contribution in [0.1, 0.15) is 26.2 Å². The van der Waals surface area contributed by atoms with Gasteiger partial charge in [0, 0.05) is 0 Å². The number of halogens is 1. The number of ether oxygens (including phenoxy) is 1. The molecule has 1 aliphatic heterocycles. The van der Waals surface area contributed by atoms with E-state index in [1.807, 2.05) is 0 Å². The first-order valence-electron chi connectivity index (χ1n) is 5.38. The Bertz CT molecular complexity index is 188. The highest BCUT2D eigenvalue weighted by Gasteiger charge is 2.42. The van der Waals surface area contributed by atoms with E-state index in [1.165, 1.54) is 0 Å². The van der Waals surface area contributed by atoms with Crippen LogP contribution in [0.3, 0.4) is 0 Å². The van der Waals surface area contributed by atoms with E-state index < -0.39 is 18.3 Å². The van der Waals surface area contributed by atoms with Crippen molar-refractivity contribution in [3.8, 4) is 0 Å². The molecule has 0 aromatic carbocycles. The molecular weight excluding hydrogens is 264 g/mol. The first-order valence-corrected chi connectivity index (χ1v) is 6.29. The minimum Gasteiger partial charge on any atom is -0.394 e. The Morgan fingerprint density at radius 1 is 1.20 bits per heavy atom. The molecular formula is C10H19BrO4. The second kappa shape index (κ2) is 6.15. The predicted molar refractivity (Wildman–Crippen MR) is 60.0 cm³/mol. The highest BCUT2D eigenvalue weighted by atomic mass is 79.9. The van der Waals surface area contributed by atoms with Crippen molar-refractivity contribution in [2.75, 3.05) is 6.61 Å². The Morgan fingerprint density at radius 2 is 1.87 bits per heavy atom. The average Bonchev–Trinajstić information content (AvgIpc) is 2.25. The minimum atomic E-state index is -1.02. The van der Waals surface area contributed by atoms with Crippen LogP contribution in [0.4, 0.5) is 0 Å². The Kier molecular flexibility index (Phi) is 5.49. The molecule has 1 aliphatic rings. The molecule has 0 bridgehead atoms. The second-order valence-electron chi connectivity index (χ2n) is 3.96. The maximum absolute atomic E-state index is 9.73. The van der Waals surface area contributed by atoms with Gasteiger partial charge in [0.05, 0.1) is 23.6 Å². The zero-order valence-electron chi connectivity index (χ0n) is 8.84. The van der Waals surface area contributed by atoms with Crippen LogP contribution in [0.15, 0.2) is 0 Å². The van der Waals surface area contributed by atoms with E-state index in [0.29, 0.717) is 0 Å². The number of rotatable bonds is 4. The highest BCUT2D eigenvalue weighted by Crippen LogP contribution is 2.29. The maximum Gasteiger partial charge on any atom is 0.109 e. The Balaban J connectivity index is 2.57. The Labute approximate surface area is 98.4 Å². The molecule has 0 aromatic heterocycles. The average molecular weight is 283 g/mol. The lowest BCUT2D eigenvalue weighted by molar-refractivity contribution is -0.175. The van der Waals surface area contributed by atoms with Gasteiger partial charge in [0.1, 0.15) is 12.2 Å². The van der Waals surface area contributed by atoms with Crippen molar-refractivity contribution in [2.45, 2.75) is 55.4 Å². The molecule has 5 unspecified atom stereocenters. The second-order valence-corrected chi connectivity index (χ2v) is 5.02. The fourth-order valence-electron chi connectivity index (χ4n) is 1.79. The number of hydrogen-bond donors (Lipinski definition) is 3. The molecule has 0 spiro atoms. The fraction of sp³-hybridized carbons (Fsp3) is 1.00. The summed E-state index contributed by atoms with van der Waals surface area (Å²) in [5.41, 5.74) is 0. The number of aliphatic hydroxyl groups is 3. The van der Waals surface area contributed by atoms with Gasteiger partial charge in [0.15, 0.2) is 0 Å². The van der Waals surface area contributed by atoms with Crippen LogP contribution >= 0.6 is 15.9 Å². The smallest absolute Gasteiger partial charge is 0.109 e.